The monoisotopic (exact) mass is 741 g/mol. The van der Waals surface area contributed by atoms with Gasteiger partial charge in [-0.3, -0.25) is 19.2 Å². The number of aromatic nitrogens is 1. The number of carbonyl (C=O) groups is 4. The number of hydrogen-bond donors (Lipinski definition) is 4. The van der Waals surface area contributed by atoms with Gasteiger partial charge < -0.3 is 30.7 Å². The van der Waals surface area contributed by atoms with Gasteiger partial charge in [0.1, 0.15) is 22.8 Å². The van der Waals surface area contributed by atoms with Crippen molar-refractivity contribution >= 4 is 35.0 Å². The van der Waals surface area contributed by atoms with Crippen LogP contribution in [0.5, 0.6) is 0 Å². The molecule has 11 nitrogen and oxygen atoms in total. The summed E-state index contributed by atoms with van der Waals surface area (Å²) < 4.78 is 6.40. The van der Waals surface area contributed by atoms with Crippen LogP contribution in [0.25, 0.3) is 0 Å². The number of aliphatic carboxylic acids is 1. The number of hydrogen-bond acceptors (Lipinski definition) is 8. The van der Waals surface area contributed by atoms with Crippen molar-refractivity contribution in [1.29, 1.82) is 0 Å². The fourth-order valence-corrected chi connectivity index (χ4v) is 8.00. The number of nitrogens with zero attached hydrogens (tertiary/aromatic N) is 2. The van der Waals surface area contributed by atoms with Gasteiger partial charge in [0, 0.05) is 37.0 Å². The van der Waals surface area contributed by atoms with Crippen LogP contribution in [0.1, 0.15) is 133 Å². The number of carbonyl (C=O) groups excluding carboxylic acids is 3. The van der Waals surface area contributed by atoms with E-state index in [1.165, 1.54) is 11.3 Å². The van der Waals surface area contributed by atoms with Gasteiger partial charge in [0.2, 0.25) is 11.8 Å². The van der Waals surface area contributed by atoms with Gasteiger partial charge in [-0.2, -0.15) is 0 Å². The third-order valence-electron chi connectivity index (χ3n) is 10.6. The van der Waals surface area contributed by atoms with Crippen LogP contribution in [-0.4, -0.2) is 83.0 Å². The van der Waals surface area contributed by atoms with Crippen molar-refractivity contribution in [2.24, 2.45) is 17.8 Å². The highest BCUT2D eigenvalue weighted by Gasteiger charge is 2.38. The molecule has 290 valence electrons. The first-order valence-corrected chi connectivity index (χ1v) is 20.2. The van der Waals surface area contributed by atoms with E-state index >= 15 is 0 Å². The van der Waals surface area contributed by atoms with E-state index in [0.29, 0.717) is 37.4 Å². The quantitative estimate of drug-likeness (QED) is 0.116. The second-order valence-corrected chi connectivity index (χ2v) is 15.6. The Hall–Kier alpha value is -3.35. The van der Waals surface area contributed by atoms with E-state index in [9.17, 15) is 24.3 Å². The Morgan fingerprint density at radius 3 is 2.27 bits per heavy atom. The van der Waals surface area contributed by atoms with Crippen LogP contribution in [0.3, 0.4) is 0 Å². The van der Waals surface area contributed by atoms with Crippen LogP contribution in [0.15, 0.2) is 29.6 Å². The van der Waals surface area contributed by atoms with Crippen LogP contribution >= 0.6 is 11.3 Å². The van der Waals surface area contributed by atoms with Crippen LogP contribution in [0, 0.1) is 17.8 Å². The lowest BCUT2D eigenvalue weighted by Crippen LogP contribution is -2.59. The van der Waals surface area contributed by atoms with E-state index in [0.717, 1.165) is 36.8 Å². The summed E-state index contributed by atoms with van der Waals surface area (Å²) in [5, 5.41) is 21.6. The maximum atomic E-state index is 14.6. The molecule has 0 spiro atoms. The third kappa shape index (κ3) is 11.1. The van der Waals surface area contributed by atoms with Gasteiger partial charge in [0.05, 0.1) is 12.0 Å². The average molecular weight is 742 g/mol. The number of rotatable bonds is 21. The molecule has 0 aliphatic heterocycles. The van der Waals surface area contributed by atoms with E-state index in [-0.39, 0.29) is 53.3 Å². The highest BCUT2D eigenvalue weighted by atomic mass is 32.1. The molecule has 3 amide bonds. The Kier molecular flexibility index (Phi) is 17.2. The van der Waals surface area contributed by atoms with Crippen molar-refractivity contribution in [3.63, 3.8) is 0 Å². The zero-order valence-electron chi connectivity index (χ0n) is 32.7. The fourth-order valence-electron chi connectivity index (χ4n) is 7.14. The molecule has 0 fully saturated rings. The predicted molar refractivity (Wildman–Crippen MR) is 206 cm³/mol. The van der Waals surface area contributed by atoms with Crippen molar-refractivity contribution in [3.8, 4) is 0 Å². The van der Waals surface area contributed by atoms with E-state index in [1.807, 2.05) is 56.9 Å². The standard InChI is InChI=1S/C40H63N5O6S/c1-10-18-45(39(48)35(26(8)13-4)44-37(47)34(41-9)25(7)12-3)32(24(5)6)22-33(51-19-11-2)38-43-31(23-52-38)36(46)42-28-20-27-16-14-15-17-29(27)30(21-28)40(49)50/h14-17,23-26,28,30,32-35,41H,10-13,18-22H2,1-9H3,(H,42,46)(H,44,47)(H,49,50)/t25-,26-,28-,30+,32+,33+,34-,35-/m0/s1. The number of carboxylic acids is 1. The Morgan fingerprint density at radius 1 is 1.00 bits per heavy atom. The molecule has 1 aliphatic rings. The minimum absolute atomic E-state index is 0.0702. The first-order chi connectivity index (χ1) is 24.8. The van der Waals surface area contributed by atoms with E-state index in [4.69, 9.17) is 9.72 Å². The molecule has 0 saturated carbocycles. The lowest BCUT2D eigenvalue weighted by molar-refractivity contribution is -0.142. The topological polar surface area (TPSA) is 150 Å². The molecule has 1 aromatic heterocycles. The van der Waals surface area contributed by atoms with Gasteiger partial charge in [-0.25, -0.2) is 4.98 Å². The molecule has 0 saturated heterocycles. The minimum atomic E-state index is -0.903. The summed E-state index contributed by atoms with van der Waals surface area (Å²) in [7, 11) is 1.78. The normalized spacial score (nSPS) is 19.1. The molecule has 0 radical (unpaired) electrons. The first-order valence-electron chi connectivity index (χ1n) is 19.3. The summed E-state index contributed by atoms with van der Waals surface area (Å²) in [6.45, 7) is 17.4. The number of carboxylic acid groups (broad SMARTS) is 1. The third-order valence-corrected chi connectivity index (χ3v) is 11.5. The molecule has 8 atom stereocenters. The number of fused-ring (bicyclic) bond motifs is 1. The zero-order chi connectivity index (χ0) is 38.5. The molecule has 12 heteroatoms. The van der Waals surface area contributed by atoms with Crippen LogP contribution < -0.4 is 16.0 Å². The van der Waals surface area contributed by atoms with Gasteiger partial charge in [-0.05, 0) is 61.6 Å². The van der Waals surface area contributed by atoms with E-state index in [1.54, 1.807) is 12.4 Å². The van der Waals surface area contributed by atoms with Gasteiger partial charge in [0.15, 0.2) is 0 Å². The maximum Gasteiger partial charge on any atom is 0.311 e. The summed E-state index contributed by atoms with van der Waals surface area (Å²) >= 11 is 1.35. The van der Waals surface area contributed by atoms with Gasteiger partial charge in [0.25, 0.3) is 5.91 Å². The number of ether oxygens (including phenoxy) is 1. The van der Waals surface area contributed by atoms with Crippen molar-refractivity contribution in [1.82, 2.24) is 25.8 Å². The Bertz CT molecular complexity index is 1470. The lowest BCUT2D eigenvalue weighted by Gasteiger charge is -2.39. The lowest BCUT2D eigenvalue weighted by atomic mass is 9.80. The molecular weight excluding hydrogens is 679 g/mol. The van der Waals surface area contributed by atoms with Gasteiger partial charge in [-0.15, -0.1) is 11.3 Å². The molecule has 1 aliphatic carbocycles. The highest BCUT2D eigenvalue weighted by Crippen LogP contribution is 2.34. The van der Waals surface area contributed by atoms with Gasteiger partial charge in [-0.1, -0.05) is 92.5 Å². The first kappa shape index (κ1) is 43.1. The smallest absolute Gasteiger partial charge is 0.311 e. The minimum Gasteiger partial charge on any atom is -0.481 e. The van der Waals surface area contributed by atoms with Crippen molar-refractivity contribution in [2.45, 2.75) is 137 Å². The second kappa shape index (κ2) is 20.8. The SMILES string of the molecule is CCCO[C@H](C[C@H](C(C)C)N(CCC)C(=O)[C@@H](NC(=O)[C@@H](NC)[C@@H](C)CC)[C@@H](C)CC)c1nc(C(=O)N[C@H]2Cc3ccccc3[C@H](C(=O)O)C2)cs1. The molecule has 2 aromatic rings. The summed E-state index contributed by atoms with van der Waals surface area (Å²) in [4.78, 5) is 60.4. The number of benzene rings is 1. The molecule has 52 heavy (non-hydrogen) atoms. The Balaban J connectivity index is 1.86. The van der Waals surface area contributed by atoms with Crippen molar-refractivity contribution in [3.05, 3.63) is 51.5 Å². The molecule has 0 unspecified atom stereocenters. The van der Waals surface area contributed by atoms with E-state index < -0.39 is 30.1 Å². The molecule has 4 N–H and O–H groups in total. The Labute approximate surface area is 315 Å². The largest absolute Gasteiger partial charge is 0.481 e. The average Bonchev–Trinajstić information content (AvgIpc) is 3.63. The van der Waals surface area contributed by atoms with Crippen LogP contribution in [0.4, 0.5) is 0 Å². The number of amides is 3. The highest BCUT2D eigenvalue weighted by molar-refractivity contribution is 7.09. The Morgan fingerprint density at radius 2 is 1.67 bits per heavy atom. The number of nitrogens with one attached hydrogen (secondary N) is 3. The summed E-state index contributed by atoms with van der Waals surface area (Å²) in [5.41, 5.74) is 1.99. The van der Waals surface area contributed by atoms with Crippen LogP contribution in [-0.2, 0) is 25.5 Å². The summed E-state index contributed by atoms with van der Waals surface area (Å²) in [5.74, 6) is -2.10. The van der Waals surface area contributed by atoms with Crippen molar-refractivity contribution < 1.29 is 29.0 Å². The second-order valence-electron chi connectivity index (χ2n) is 14.7. The predicted octanol–water partition coefficient (Wildman–Crippen LogP) is 6.34. The zero-order valence-corrected chi connectivity index (χ0v) is 33.6. The summed E-state index contributed by atoms with van der Waals surface area (Å²) in [6, 6.07) is 5.86. The van der Waals surface area contributed by atoms with Gasteiger partial charge >= 0.3 is 5.97 Å². The molecular formula is C40H63N5O6S. The maximum absolute atomic E-state index is 14.6. The molecule has 0 bridgehead atoms. The molecule has 1 aromatic carbocycles. The fraction of sp³-hybridized carbons (Fsp3) is 0.675. The summed E-state index contributed by atoms with van der Waals surface area (Å²) in [6.07, 6.45) is 3.97. The molecule has 1 heterocycles. The number of thiazole rings is 1. The van der Waals surface area contributed by atoms with Crippen molar-refractivity contribution in [2.75, 3.05) is 20.2 Å². The molecule has 3 rings (SSSR count). The van der Waals surface area contributed by atoms with Crippen LogP contribution in [0.2, 0.25) is 0 Å². The van der Waals surface area contributed by atoms with E-state index in [2.05, 4.69) is 43.6 Å². The number of likely N-dealkylation sites (N-methyl/N-ethyl adjacent to an activating group) is 1.